The Bertz CT molecular complexity index is 655. The fourth-order valence-electron chi connectivity index (χ4n) is 4.12. The molecular weight excluding hydrogens is 296 g/mol. The van der Waals surface area contributed by atoms with Gasteiger partial charge in [0.15, 0.2) is 5.58 Å². The molecular formula is C21H32N2O. The van der Waals surface area contributed by atoms with Crippen molar-refractivity contribution in [2.75, 3.05) is 19.6 Å². The lowest BCUT2D eigenvalue weighted by atomic mass is 9.87. The first-order chi connectivity index (χ1) is 11.6. The molecule has 0 bridgehead atoms. The van der Waals surface area contributed by atoms with Crippen LogP contribution in [0.3, 0.4) is 0 Å². The first-order valence-corrected chi connectivity index (χ1v) is 9.70. The monoisotopic (exact) mass is 328 g/mol. The van der Waals surface area contributed by atoms with Gasteiger partial charge in [0.05, 0.1) is 5.69 Å². The van der Waals surface area contributed by atoms with Crippen molar-refractivity contribution in [3.05, 3.63) is 29.5 Å². The molecule has 24 heavy (non-hydrogen) atoms. The molecule has 132 valence electrons. The van der Waals surface area contributed by atoms with Gasteiger partial charge in [0, 0.05) is 17.8 Å². The van der Waals surface area contributed by atoms with E-state index in [0.29, 0.717) is 5.92 Å². The van der Waals surface area contributed by atoms with Crippen molar-refractivity contribution in [2.45, 2.75) is 59.3 Å². The quantitative estimate of drug-likeness (QED) is 0.712. The van der Waals surface area contributed by atoms with Crippen LogP contribution < -0.4 is 0 Å². The number of fused-ring (bicyclic) bond motifs is 1. The molecule has 0 spiro atoms. The Morgan fingerprint density at radius 1 is 1.21 bits per heavy atom. The van der Waals surface area contributed by atoms with Gasteiger partial charge < -0.3 is 9.42 Å². The minimum Gasteiger partial charge on any atom is -0.356 e. The number of aryl methyl sites for hydroxylation is 1. The smallest absolute Gasteiger partial charge is 0.167 e. The maximum Gasteiger partial charge on any atom is 0.167 e. The van der Waals surface area contributed by atoms with Gasteiger partial charge in [-0.05, 0) is 62.4 Å². The minimum absolute atomic E-state index is 0.550. The fourth-order valence-corrected chi connectivity index (χ4v) is 4.12. The van der Waals surface area contributed by atoms with Gasteiger partial charge in [-0.1, -0.05) is 44.8 Å². The Hall–Kier alpha value is -1.35. The minimum atomic E-state index is 0.550. The predicted octanol–water partition coefficient (Wildman–Crippen LogP) is 5.39. The Morgan fingerprint density at radius 3 is 2.62 bits per heavy atom. The zero-order valence-corrected chi connectivity index (χ0v) is 15.7. The summed E-state index contributed by atoms with van der Waals surface area (Å²) in [7, 11) is 0. The first kappa shape index (κ1) is 17.5. The highest BCUT2D eigenvalue weighted by molar-refractivity contribution is 5.80. The van der Waals surface area contributed by atoms with Crippen LogP contribution in [-0.4, -0.2) is 29.7 Å². The molecule has 0 N–H and O–H groups in total. The Morgan fingerprint density at radius 2 is 1.96 bits per heavy atom. The molecule has 3 nitrogen and oxygen atoms in total. The van der Waals surface area contributed by atoms with Gasteiger partial charge in [-0.25, -0.2) is 0 Å². The van der Waals surface area contributed by atoms with E-state index in [1.54, 1.807) is 0 Å². The first-order valence-electron chi connectivity index (χ1n) is 9.70. The number of hydrogen-bond acceptors (Lipinski definition) is 3. The van der Waals surface area contributed by atoms with Gasteiger partial charge in [0.1, 0.15) is 0 Å². The topological polar surface area (TPSA) is 29.3 Å². The number of likely N-dealkylation sites (tertiary alicyclic amines) is 1. The molecule has 2 unspecified atom stereocenters. The molecule has 0 amide bonds. The second kappa shape index (κ2) is 7.69. The Labute approximate surface area is 146 Å². The molecule has 1 aliphatic heterocycles. The zero-order chi connectivity index (χ0) is 17.1. The number of piperidine rings is 1. The van der Waals surface area contributed by atoms with E-state index in [9.17, 15) is 0 Å². The average Bonchev–Trinajstić information content (AvgIpc) is 3.02. The van der Waals surface area contributed by atoms with Gasteiger partial charge in [-0.15, -0.1) is 0 Å². The molecule has 2 heterocycles. The second-order valence-electron chi connectivity index (χ2n) is 7.70. The zero-order valence-electron chi connectivity index (χ0n) is 15.7. The highest BCUT2D eigenvalue weighted by Gasteiger charge is 2.26. The van der Waals surface area contributed by atoms with Crippen molar-refractivity contribution >= 4 is 11.0 Å². The van der Waals surface area contributed by atoms with Crippen molar-refractivity contribution < 1.29 is 4.52 Å². The Kier molecular flexibility index (Phi) is 5.60. The summed E-state index contributed by atoms with van der Waals surface area (Å²) in [4.78, 5) is 2.67. The van der Waals surface area contributed by atoms with E-state index in [2.05, 4.69) is 56.0 Å². The van der Waals surface area contributed by atoms with E-state index in [0.717, 1.165) is 17.4 Å². The average molecular weight is 329 g/mol. The summed E-state index contributed by atoms with van der Waals surface area (Å²) in [6.07, 6.45) is 4.99. The normalized spacial score (nSPS) is 19.7. The van der Waals surface area contributed by atoms with E-state index in [-0.39, 0.29) is 0 Å². The van der Waals surface area contributed by atoms with Crippen molar-refractivity contribution in [1.29, 1.82) is 0 Å². The van der Waals surface area contributed by atoms with Crippen molar-refractivity contribution in [2.24, 2.45) is 11.8 Å². The maximum atomic E-state index is 5.57. The van der Waals surface area contributed by atoms with E-state index in [4.69, 9.17) is 4.52 Å². The highest BCUT2D eigenvalue weighted by atomic mass is 16.5. The summed E-state index contributed by atoms with van der Waals surface area (Å²) < 4.78 is 5.57. The van der Waals surface area contributed by atoms with Crippen molar-refractivity contribution in [3.63, 3.8) is 0 Å². The van der Waals surface area contributed by atoms with Gasteiger partial charge >= 0.3 is 0 Å². The van der Waals surface area contributed by atoms with Crippen LogP contribution in [-0.2, 0) is 0 Å². The molecule has 0 saturated carbocycles. The van der Waals surface area contributed by atoms with Crippen LogP contribution >= 0.6 is 0 Å². The SMILES string of the molecule is CCC(C)C(CC)CN1CCC(c2noc3cc(C)ccc23)CC1. The molecule has 3 heteroatoms. The molecule has 0 aliphatic carbocycles. The summed E-state index contributed by atoms with van der Waals surface area (Å²) in [5.74, 6) is 2.21. The number of rotatable bonds is 6. The van der Waals surface area contributed by atoms with Gasteiger partial charge in [-0.3, -0.25) is 0 Å². The lowest BCUT2D eigenvalue weighted by Crippen LogP contribution is -2.38. The molecule has 1 aromatic heterocycles. The van der Waals surface area contributed by atoms with Crippen molar-refractivity contribution in [3.8, 4) is 0 Å². The molecule has 1 saturated heterocycles. The molecule has 2 aromatic rings. The molecule has 0 radical (unpaired) electrons. The van der Waals surface area contributed by atoms with Crippen LogP contribution in [0.25, 0.3) is 11.0 Å². The third-order valence-corrected chi connectivity index (χ3v) is 6.10. The standard InChI is InChI=1S/C21H32N2O/c1-5-16(4)17(6-2)14-23-11-9-18(10-12-23)21-19-8-7-15(3)13-20(19)24-22-21/h7-8,13,16-18H,5-6,9-12,14H2,1-4H3. The maximum absolute atomic E-state index is 5.57. The van der Waals surface area contributed by atoms with Crippen LogP contribution in [0.2, 0.25) is 0 Å². The lowest BCUT2D eigenvalue weighted by Gasteiger charge is -2.35. The van der Waals surface area contributed by atoms with Gasteiger partial charge in [0.2, 0.25) is 0 Å². The summed E-state index contributed by atoms with van der Waals surface area (Å²) in [6, 6.07) is 6.44. The van der Waals surface area contributed by atoms with E-state index in [1.807, 2.05) is 0 Å². The van der Waals surface area contributed by atoms with Gasteiger partial charge in [-0.2, -0.15) is 0 Å². The summed E-state index contributed by atoms with van der Waals surface area (Å²) >= 11 is 0. The highest BCUT2D eigenvalue weighted by Crippen LogP contribution is 2.33. The van der Waals surface area contributed by atoms with Crippen LogP contribution in [0.5, 0.6) is 0 Å². The lowest BCUT2D eigenvalue weighted by molar-refractivity contribution is 0.153. The van der Waals surface area contributed by atoms with E-state index in [1.165, 1.54) is 62.0 Å². The van der Waals surface area contributed by atoms with E-state index >= 15 is 0 Å². The largest absolute Gasteiger partial charge is 0.356 e. The summed E-state index contributed by atoms with van der Waals surface area (Å²) in [6.45, 7) is 12.8. The number of nitrogens with zero attached hydrogens (tertiary/aromatic N) is 2. The molecule has 2 atom stereocenters. The number of benzene rings is 1. The number of hydrogen-bond donors (Lipinski definition) is 0. The predicted molar refractivity (Wildman–Crippen MR) is 100 cm³/mol. The summed E-state index contributed by atoms with van der Waals surface area (Å²) in [5, 5.41) is 5.62. The molecule has 1 aromatic carbocycles. The molecule has 1 aliphatic rings. The van der Waals surface area contributed by atoms with Crippen LogP contribution in [0.15, 0.2) is 22.7 Å². The van der Waals surface area contributed by atoms with Crippen molar-refractivity contribution in [1.82, 2.24) is 10.1 Å². The van der Waals surface area contributed by atoms with Gasteiger partial charge in [0.25, 0.3) is 0 Å². The molecule has 3 rings (SSSR count). The molecule has 1 fully saturated rings. The second-order valence-corrected chi connectivity index (χ2v) is 7.70. The third kappa shape index (κ3) is 3.66. The van der Waals surface area contributed by atoms with Crippen LogP contribution in [0.1, 0.15) is 63.6 Å². The van der Waals surface area contributed by atoms with Crippen LogP contribution in [0, 0.1) is 18.8 Å². The fraction of sp³-hybridized carbons (Fsp3) is 0.667. The van der Waals surface area contributed by atoms with E-state index < -0.39 is 0 Å². The number of aromatic nitrogens is 1. The summed E-state index contributed by atoms with van der Waals surface area (Å²) in [5.41, 5.74) is 3.35. The third-order valence-electron chi connectivity index (χ3n) is 6.10. The Balaban J connectivity index is 1.62. The van der Waals surface area contributed by atoms with Crippen LogP contribution in [0.4, 0.5) is 0 Å².